The topological polar surface area (TPSA) is 83.8 Å². The number of hydrogen-bond acceptors (Lipinski definition) is 3. The molecule has 1 aromatic rings. The molecule has 78 valence electrons. The fourth-order valence-electron chi connectivity index (χ4n) is 0.863. The third kappa shape index (κ3) is 3.51. The highest BCUT2D eigenvalue weighted by Crippen LogP contribution is 2.12. The molecule has 5 heteroatoms. The fraction of sp³-hybridized carbons (Fsp3) is 0. The van der Waals surface area contributed by atoms with Crippen LogP contribution in [0.15, 0.2) is 42.2 Å². The molecule has 0 fully saturated rings. The normalized spacial score (nSPS) is 10.8. The van der Waals surface area contributed by atoms with Gasteiger partial charge in [0.15, 0.2) is 0 Å². The Kier molecular flexibility index (Phi) is 3.45. The zero-order chi connectivity index (χ0) is 11.3. The van der Waals surface area contributed by atoms with E-state index in [0.717, 1.165) is 0 Å². The molecule has 0 aliphatic rings. The van der Waals surface area contributed by atoms with Crippen molar-refractivity contribution in [2.75, 3.05) is 0 Å². The second-order valence-electron chi connectivity index (χ2n) is 2.57. The minimum atomic E-state index is -1.43. The molecule has 0 saturated carbocycles. The molecular weight excluding hydrogens is 200 g/mol. The molecule has 0 unspecified atom stereocenters. The van der Waals surface area contributed by atoms with Gasteiger partial charge in [0.05, 0.1) is 6.08 Å². The SMILES string of the molecule is O=C(O)/C=C(/Oc1ccccc1)C(=O)O. The van der Waals surface area contributed by atoms with E-state index >= 15 is 0 Å². The Bertz CT molecular complexity index is 394. The van der Waals surface area contributed by atoms with Gasteiger partial charge in [-0.2, -0.15) is 0 Å². The number of hydrogen-bond donors (Lipinski definition) is 2. The van der Waals surface area contributed by atoms with Gasteiger partial charge in [-0.1, -0.05) is 18.2 Å². The van der Waals surface area contributed by atoms with E-state index < -0.39 is 17.7 Å². The van der Waals surface area contributed by atoms with Gasteiger partial charge in [-0.15, -0.1) is 0 Å². The molecule has 0 radical (unpaired) electrons. The monoisotopic (exact) mass is 208 g/mol. The van der Waals surface area contributed by atoms with E-state index in [1.807, 2.05) is 0 Å². The van der Waals surface area contributed by atoms with Gasteiger partial charge in [-0.25, -0.2) is 9.59 Å². The number of ether oxygens (including phenoxy) is 1. The van der Waals surface area contributed by atoms with E-state index in [2.05, 4.69) is 0 Å². The molecule has 0 aliphatic carbocycles. The lowest BCUT2D eigenvalue weighted by Gasteiger charge is -2.04. The summed E-state index contributed by atoms with van der Waals surface area (Å²) in [6, 6.07) is 8.08. The first-order valence-electron chi connectivity index (χ1n) is 4.00. The molecule has 15 heavy (non-hydrogen) atoms. The predicted molar refractivity (Wildman–Crippen MR) is 50.4 cm³/mol. The van der Waals surface area contributed by atoms with Gasteiger partial charge in [0.2, 0.25) is 5.76 Å². The Morgan fingerprint density at radius 2 is 1.73 bits per heavy atom. The van der Waals surface area contributed by atoms with Gasteiger partial charge in [-0.05, 0) is 12.1 Å². The van der Waals surface area contributed by atoms with E-state index in [-0.39, 0.29) is 5.75 Å². The number of benzene rings is 1. The minimum absolute atomic E-state index is 0.271. The molecule has 0 atom stereocenters. The van der Waals surface area contributed by atoms with Crippen molar-refractivity contribution < 1.29 is 24.5 Å². The largest absolute Gasteiger partial charge is 0.478 e. The van der Waals surface area contributed by atoms with Crippen molar-refractivity contribution in [3.8, 4) is 5.75 Å². The Morgan fingerprint density at radius 3 is 2.20 bits per heavy atom. The summed E-state index contributed by atoms with van der Waals surface area (Å²) in [7, 11) is 0. The number of carboxylic acid groups (broad SMARTS) is 2. The van der Waals surface area contributed by atoms with Crippen molar-refractivity contribution in [2.45, 2.75) is 0 Å². The molecule has 1 aromatic carbocycles. The van der Waals surface area contributed by atoms with Crippen molar-refractivity contribution in [1.82, 2.24) is 0 Å². The first kappa shape index (κ1) is 10.8. The van der Waals surface area contributed by atoms with Crippen LogP contribution in [-0.4, -0.2) is 22.2 Å². The molecule has 2 N–H and O–H groups in total. The highest BCUT2D eigenvalue weighted by Gasteiger charge is 2.11. The summed E-state index contributed by atoms with van der Waals surface area (Å²) in [6.07, 6.45) is 0.495. The Hall–Kier alpha value is -2.30. The highest BCUT2D eigenvalue weighted by atomic mass is 16.5. The summed E-state index contributed by atoms with van der Waals surface area (Å²) in [5, 5.41) is 17.0. The molecule has 0 aliphatic heterocycles. The smallest absolute Gasteiger partial charge is 0.372 e. The first-order chi connectivity index (χ1) is 7.09. The van der Waals surface area contributed by atoms with Crippen molar-refractivity contribution in [3.05, 3.63) is 42.2 Å². The third-order valence-corrected chi connectivity index (χ3v) is 1.44. The van der Waals surface area contributed by atoms with Crippen LogP contribution in [0.1, 0.15) is 0 Å². The molecule has 5 nitrogen and oxygen atoms in total. The minimum Gasteiger partial charge on any atom is -0.478 e. The molecular formula is C10H8O5. The number of carboxylic acids is 2. The lowest BCUT2D eigenvalue weighted by Crippen LogP contribution is -2.10. The zero-order valence-electron chi connectivity index (χ0n) is 7.58. The fourth-order valence-corrected chi connectivity index (χ4v) is 0.863. The van der Waals surface area contributed by atoms with E-state index in [9.17, 15) is 9.59 Å². The Balaban J connectivity index is 2.86. The number of aliphatic carboxylic acids is 2. The number of rotatable bonds is 4. The van der Waals surface area contributed by atoms with E-state index in [0.29, 0.717) is 6.08 Å². The maximum Gasteiger partial charge on any atom is 0.372 e. The molecule has 0 spiro atoms. The molecule has 0 bridgehead atoms. The summed E-state index contributed by atoms with van der Waals surface area (Å²) < 4.78 is 4.87. The second-order valence-corrected chi connectivity index (χ2v) is 2.57. The lowest BCUT2D eigenvalue weighted by molar-refractivity contribution is -0.137. The van der Waals surface area contributed by atoms with Crippen molar-refractivity contribution in [2.24, 2.45) is 0 Å². The van der Waals surface area contributed by atoms with Crippen molar-refractivity contribution >= 4 is 11.9 Å². The van der Waals surface area contributed by atoms with E-state index in [1.54, 1.807) is 18.2 Å². The summed E-state index contributed by atoms with van der Waals surface area (Å²) in [4.78, 5) is 20.9. The molecule has 0 saturated heterocycles. The first-order valence-corrected chi connectivity index (χ1v) is 4.00. The van der Waals surface area contributed by atoms with Crippen LogP contribution in [0.3, 0.4) is 0 Å². The highest BCUT2D eigenvalue weighted by molar-refractivity contribution is 5.93. The molecule has 0 aromatic heterocycles. The number of para-hydroxylation sites is 1. The summed E-state index contributed by atoms with van der Waals surface area (Å²) >= 11 is 0. The average Bonchev–Trinajstić information content (AvgIpc) is 2.17. The zero-order valence-corrected chi connectivity index (χ0v) is 7.58. The lowest BCUT2D eigenvalue weighted by atomic mass is 10.3. The summed E-state index contributed by atoms with van der Waals surface area (Å²) in [5.41, 5.74) is 0. The van der Waals surface area contributed by atoms with Crippen molar-refractivity contribution in [3.63, 3.8) is 0 Å². The predicted octanol–water partition coefficient (Wildman–Crippen LogP) is 1.12. The van der Waals surface area contributed by atoms with Gasteiger partial charge in [-0.3, -0.25) is 0 Å². The van der Waals surface area contributed by atoms with Gasteiger partial charge in [0.25, 0.3) is 0 Å². The van der Waals surface area contributed by atoms with Crippen LogP contribution in [0.25, 0.3) is 0 Å². The summed E-state index contributed by atoms with van der Waals surface area (Å²) in [5.74, 6) is -3.16. The average molecular weight is 208 g/mol. The Labute approximate surface area is 85.2 Å². The van der Waals surface area contributed by atoms with Crippen LogP contribution in [-0.2, 0) is 9.59 Å². The van der Waals surface area contributed by atoms with Gasteiger partial charge < -0.3 is 14.9 Å². The van der Waals surface area contributed by atoms with Gasteiger partial charge in [0, 0.05) is 0 Å². The van der Waals surface area contributed by atoms with Crippen molar-refractivity contribution in [1.29, 1.82) is 0 Å². The Morgan fingerprint density at radius 1 is 1.13 bits per heavy atom. The standard InChI is InChI=1S/C10H8O5/c11-9(12)6-8(10(13)14)15-7-4-2-1-3-5-7/h1-6H,(H,11,12)(H,13,14)/b8-6+. The van der Waals surface area contributed by atoms with Crippen LogP contribution < -0.4 is 4.74 Å². The van der Waals surface area contributed by atoms with E-state index in [1.165, 1.54) is 12.1 Å². The van der Waals surface area contributed by atoms with Crippen LogP contribution in [0.5, 0.6) is 5.75 Å². The number of carbonyl (C=O) groups is 2. The van der Waals surface area contributed by atoms with E-state index in [4.69, 9.17) is 14.9 Å². The third-order valence-electron chi connectivity index (χ3n) is 1.44. The molecule has 0 amide bonds. The van der Waals surface area contributed by atoms with Crippen LogP contribution in [0, 0.1) is 0 Å². The molecule has 0 heterocycles. The maximum atomic E-state index is 10.6. The van der Waals surface area contributed by atoms with Gasteiger partial charge >= 0.3 is 11.9 Å². The maximum absolute atomic E-state index is 10.6. The second kappa shape index (κ2) is 4.80. The van der Waals surface area contributed by atoms with Gasteiger partial charge in [0.1, 0.15) is 5.75 Å². The van der Waals surface area contributed by atoms with Crippen LogP contribution in [0.2, 0.25) is 0 Å². The molecule has 1 rings (SSSR count). The van der Waals surface area contributed by atoms with Crippen LogP contribution in [0.4, 0.5) is 0 Å². The summed E-state index contributed by atoms with van der Waals surface area (Å²) in [6.45, 7) is 0. The van der Waals surface area contributed by atoms with Crippen LogP contribution >= 0.6 is 0 Å². The quantitative estimate of drug-likeness (QED) is 0.572.